The topological polar surface area (TPSA) is 18.5 Å². The largest absolute Gasteiger partial charge is 0.499 e. The normalized spacial score (nSPS) is 11.2. The number of hydrogen-bond donors (Lipinski definition) is 0. The van der Waals surface area contributed by atoms with E-state index < -0.39 is 0 Å². The van der Waals surface area contributed by atoms with Crippen molar-refractivity contribution in [1.29, 1.82) is 0 Å². The smallest absolute Gasteiger partial charge is 0.111 e. The van der Waals surface area contributed by atoms with Crippen LogP contribution >= 0.6 is 0 Å². The first kappa shape index (κ1) is 10.5. The van der Waals surface area contributed by atoms with Crippen molar-refractivity contribution in [2.75, 3.05) is 19.8 Å². The molecule has 0 saturated carbocycles. The predicted molar refractivity (Wildman–Crippen MR) is 46.4 cm³/mol. The molecule has 66 valence electrons. The average Bonchev–Trinajstić information content (AvgIpc) is 1.85. The van der Waals surface area contributed by atoms with Crippen LogP contribution in [0.2, 0.25) is 0 Å². The summed E-state index contributed by atoms with van der Waals surface area (Å²) in [7, 11) is 0. The molecule has 0 aromatic rings. The van der Waals surface area contributed by atoms with E-state index in [0.717, 1.165) is 6.61 Å². The molecule has 0 N–H and O–H groups in total. The Morgan fingerprint density at radius 1 is 1.27 bits per heavy atom. The molecule has 0 rings (SSSR count). The van der Waals surface area contributed by atoms with Crippen LogP contribution in [0.3, 0.4) is 0 Å². The Morgan fingerprint density at radius 2 is 1.91 bits per heavy atom. The van der Waals surface area contributed by atoms with Crippen molar-refractivity contribution in [2.24, 2.45) is 5.41 Å². The second-order valence-electron chi connectivity index (χ2n) is 3.65. The zero-order valence-corrected chi connectivity index (χ0v) is 7.72. The van der Waals surface area contributed by atoms with E-state index >= 15 is 0 Å². The van der Waals surface area contributed by atoms with Gasteiger partial charge in [-0.25, -0.2) is 0 Å². The van der Waals surface area contributed by atoms with E-state index in [9.17, 15) is 0 Å². The molecule has 0 fully saturated rings. The van der Waals surface area contributed by atoms with Gasteiger partial charge in [-0.15, -0.1) is 0 Å². The highest BCUT2D eigenvalue weighted by atomic mass is 16.5. The van der Waals surface area contributed by atoms with Crippen molar-refractivity contribution in [2.45, 2.75) is 20.8 Å². The monoisotopic (exact) mass is 158 g/mol. The Balaban J connectivity index is 3.08. The molecule has 0 aliphatic rings. The third kappa shape index (κ3) is 9.50. The van der Waals surface area contributed by atoms with E-state index in [0.29, 0.717) is 13.2 Å². The van der Waals surface area contributed by atoms with Gasteiger partial charge in [0.25, 0.3) is 0 Å². The maximum absolute atomic E-state index is 5.33. The first-order chi connectivity index (χ1) is 5.06. The lowest BCUT2D eigenvalue weighted by atomic mass is 9.99. The number of rotatable bonds is 5. The van der Waals surface area contributed by atoms with Gasteiger partial charge in [-0.2, -0.15) is 0 Å². The van der Waals surface area contributed by atoms with E-state index in [4.69, 9.17) is 9.47 Å². The fourth-order valence-corrected chi connectivity index (χ4v) is 0.569. The van der Waals surface area contributed by atoms with Crippen LogP contribution in [-0.2, 0) is 9.47 Å². The van der Waals surface area contributed by atoms with Crippen LogP contribution in [0.1, 0.15) is 20.8 Å². The summed E-state index contributed by atoms with van der Waals surface area (Å²) in [6.07, 6.45) is 1.43. The van der Waals surface area contributed by atoms with Crippen molar-refractivity contribution >= 4 is 0 Å². The molecule has 2 nitrogen and oxygen atoms in total. The van der Waals surface area contributed by atoms with Crippen molar-refractivity contribution < 1.29 is 9.47 Å². The minimum absolute atomic E-state index is 0.244. The van der Waals surface area contributed by atoms with Gasteiger partial charge in [0.15, 0.2) is 0 Å². The molecule has 0 amide bonds. The first-order valence-electron chi connectivity index (χ1n) is 3.86. The summed E-state index contributed by atoms with van der Waals surface area (Å²) in [6.45, 7) is 11.9. The van der Waals surface area contributed by atoms with Gasteiger partial charge in [0.1, 0.15) is 6.61 Å². The summed E-state index contributed by atoms with van der Waals surface area (Å²) in [5, 5.41) is 0. The van der Waals surface area contributed by atoms with E-state index in [1.807, 2.05) is 0 Å². The Bertz CT molecular complexity index is 103. The van der Waals surface area contributed by atoms with E-state index in [1.165, 1.54) is 6.26 Å². The van der Waals surface area contributed by atoms with Crippen LogP contribution in [0.5, 0.6) is 0 Å². The lowest BCUT2D eigenvalue weighted by Gasteiger charge is -2.17. The number of ether oxygens (including phenoxy) is 2. The lowest BCUT2D eigenvalue weighted by molar-refractivity contribution is 0.0424. The molecule has 0 radical (unpaired) electrons. The van der Waals surface area contributed by atoms with Crippen molar-refractivity contribution in [3.8, 4) is 0 Å². The van der Waals surface area contributed by atoms with Gasteiger partial charge in [0, 0.05) is 0 Å². The molecule has 0 bridgehead atoms. The maximum Gasteiger partial charge on any atom is 0.111 e. The molecule has 0 unspecified atom stereocenters. The highest BCUT2D eigenvalue weighted by Crippen LogP contribution is 2.12. The molecule has 0 spiro atoms. The molecule has 2 heteroatoms. The highest BCUT2D eigenvalue weighted by Gasteiger charge is 2.09. The molecule has 0 aliphatic carbocycles. The number of hydrogen-bond acceptors (Lipinski definition) is 2. The van der Waals surface area contributed by atoms with Crippen LogP contribution in [0.15, 0.2) is 12.8 Å². The third-order valence-electron chi connectivity index (χ3n) is 0.998. The molecular formula is C9H18O2. The minimum atomic E-state index is 0.244. The van der Waals surface area contributed by atoms with Crippen molar-refractivity contribution in [1.82, 2.24) is 0 Å². The maximum atomic E-state index is 5.33. The average molecular weight is 158 g/mol. The predicted octanol–water partition coefficient (Wildman–Crippen LogP) is 2.21. The Hall–Kier alpha value is -0.500. The third-order valence-corrected chi connectivity index (χ3v) is 0.998. The molecular weight excluding hydrogens is 140 g/mol. The van der Waals surface area contributed by atoms with Crippen LogP contribution in [-0.4, -0.2) is 19.8 Å². The summed E-state index contributed by atoms with van der Waals surface area (Å²) in [5.74, 6) is 0. The van der Waals surface area contributed by atoms with Crippen molar-refractivity contribution in [3.05, 3.63) is 12.8 Å². The second kappa shape index (κ2) is 5.19. The van der Waals surface area contributed by atoms with Gasteiger partial charge in [-0.3, -0.25) is 0 Å². The summed E-state index contributed by atoms with van der Waals surface area (Å²) in [6, 6.07) is 0. The van der Waals surface area contributed by atoms with Crippen LogP contribution in [0, 0.1) is 5.41 Å². The molecule has 0 atom stereocenters. The summed E-state index contributed by atoms with van der Waals surface area (Å²) in [5.41, 5.74) is 0.244. The summed E-state index contributed by atoms with van der Waals surface area (Å²) in [4.78, 5) is 0. The molecule has 0 aromatic heterocycles. The Morgan fingerprint density at radius 3 is 2.36 bits per heavy atom. The lowest BCUT2D eigenvalue weighted by Crippen LogP contribution is -2.16. The zero-order valence-electron chi connectivity index (χ0n) is 7.72. The van der Waals surface area contributed by atoms with Gasteiger partial charge in [0.05, 0.1) is 19.5 Å². The van der Waals surface area contributed by atoms with Crippen LogP contribution in [0.25, 0.3) is 0 Å². The van der Waals surface area contributed by atoms with E-state index in [1.54, 1.807) is 0 Å². The van der Waals surface area contributed by atoms with E-state index in [-0.39, 0.29) is 5.41 Å². The summed E-state index contributed by atoms with van der Waals surface area (Å²) < 4.78 is 10.2. The van der Waals surface area contributed by atoms with Gasteiger partial charge in [-0.05, 0) is 5.41 Å². The fourth-order valence-electron chi connectivity index (χ4n) is 0.569. The molecule has 0 heterocycles. The van der Waals surface area contributed by atoms with Crippen molar-refractivity contribution in [3.63, 3.8) is 0 Å². The van der Waals surface area contributed by atoms with Crippen LogP contribution in [0.4, 0.5) is 0 Å². The fraction of sp³-hybridized carbons (Fsp3) is 0.778. The van der Waals surface area contributed by atoms with E-state index in [2.05, 4.69) is 27.4 Å². The van der Waals surface area contributed by atoms with Gasteiger partial charge >= 0.3 is 0 Å². The van der Waals surface area contributed by atoms with Gasteiger partial charge in [0.2, 0.25) is 0 Å². The Labute approximate surface area is 69.2 Å². The summed E-state index contributed by atoms with van der Waals surface area (Å²) >= 11 is 0. The SMILES string of the molecule is C=COCCOCC(C)(C)C. The minimum Gasteiger partial charge on any atom is -0.499 e. The first-order valence-corrected chi connectivity index (χ1v) is 3.86. The standard InChI is InChI=1S/C9H18O2/c1-5-10-6-7-11-8-9(2,3)4/h5H,1,6-8H2,2-4H3. The highest BCUT2D eigenvalue weighted by molar-refractivity contribution is 4.58. The quantitative estimate of drug-likeness (QED) is 0.451. The second-order valence-corrected chi connectivity index (χ2v) is 3.65. The Kier molecular flexibility index (Phi) is 4.95. The zero-order chi connectivity index (χ0) is 8.74. The molecule has 0 aromatic carbocycles. The molecule has 0 saturated heterocycles. The molecule has 11 heavy (non-hydrogen) atoms. The van der Waals surface area contributed by atoms with Crippen LogP contribution < -0.4 is 0 Å². The van der Waals surface area contributed by atoms with Gasteiger partial charge in [-0.1, -0.05) is 27.4 Å². The van der Waals surface area contributed by atoms with Gasteiger partial charge < -0.3 is 9.47 Å². The molecule has 0 aliphatic heterocycles.